The molecule has 0 aromatic heterocycles. The highest BCUT2D eigenvalue weighted by Gasteiger charge is 2.33. The molecule has 1 aliphatic rings. The highest BCUT2D eigenvalue weighted by molar-refractivity contribution is 5.40. The molecule has 3 heteroatoms. The van der Waals surface area contributed by atoms with Crippen LogP contribution in [-0.4, -0.2) is 25.4 Å². The van der Waals surface area contributed by atoms with Gasteiger partial charge in [0.15, 0.2) is 0 Å². The van der Waals surface area contributed by atoms with E-state index in [0.717, 1.165) is 24.3 Å². The van der Waals surface area contributed by atoms with Crippen molar-refractivity contribution in [1.29, 1.82) is 0 Å². The van der Waals surface area contributed by atoms with Crippen molar-refractivity contribution in [2.75, 3.05) is 13.2 Å². The van der Waals surface area contributed by atoms with Crippen molar-refractivity contribution in [3.63, 3.8) is 0 Å². The second-order valence-electron chi connectivity index (χ2n) is 4.55. The highest BCUT2D eigenvalue weighted by atomic mass is 16.6. The molecule has 0 bridgehead atoms. The van der Waals surface area contributed by atoms with Gasteiger partial charge in [0.05, 0.1) is 25.4 Å². The summed E-state index contributed by atoms with van der Waals surface area (Å²) in [6.45, 7) is 7.50. The number of hydrogen-bond acceptors (Lipinski definition) is 3. The quantitative estimate of drug-likeness (QED) is 0.696. The standard InChI is InChI=1S/C15H22O3/c1-4-16-13-7-9-15(17-5-2)12(10-13)6-8-14-11(3)18-14/h7,9-11,14H,4-6,8H2,1-3H3. The van der Waals surface area contributed by atoms with Gasteiger partial charge in [-0.3, -0.25) is 0 Å². The van der Waals surface area contributed by atoms with E-state index in [0.29, 0.717) is 25.4 Å². The third kappa shape index (κ3) is 3.39. The van der Waals surface area contributed by atoms with Crippen LogP contribution in [0.2, 0.25) is 0 Å². The third-order valence-corrected chi connectivity index (χ3v) is 3.18. The molecule has 2 unspecified atom stereocenters. The Balaban J connectivity index is 2.04. The van der Waals surface area contributed by atoms with Crippen LogP contribution in [0.1, 0.15) is 32.8 Å². The van der Waals surface area contributed by atoms with E-state index in [2.05, 4.69) is 13.0 Å². The molecular weight excluding hydrogens is 228 g/mol. The van der Waals surface area contributed by atoms with Gasteiger partial charge in [-0.15, -0.1) is 0 Å². The summed E-state index contributed by atoms with van der Waals surface area (Å²) < 4.78 is 16.6. The van der Waals surface area contributed by atoms with Crippen LogP contribution in [0.5, 0.6) is 11.5 Å². The fourth-order valence-corrected chi connectivity index (χ4v) is 2.13. The van der Waals surface area contributed by atoms with Crippen LogP contribution >= 0.6 is 0 Å². The van der Waals surface area contributed by atoms with Gasteiger partial charge in [-0.2, -0.15) is 0 Å². The average Bonchev–Trinajstić information content (AvgIpc) is 3.06. The first-order valence-electron chi connectivity index (χ1n) is 6.78. The van der Waals surface area contributed by atoms with Gasteiger partial charge >= 0.3 is 0 Å². The van der Waals surface area contributed by atoms with Crippen LogP contribution in [0.3, 0.4) is 0 Å². The van der Waals surface area contributed by atoms with Crippen LogP contribution in [-0.2, 0) is 11.2 Å². The number of ether oxygens (including phenoxy) is 3. The molecule has 18 heavy (non-hydrogen) atoms. The predicted octanol–water partition coefficient (Wildman–Crippen LogP) is 3.20. The van der Waals surface area contributed by atoms with Gasteiger partial charge in [0.25, 0.3) is 0 Å². The van der Waals surface area contributed by atoms with Gasteiger partial charge in [0, 0.05) is 0 Å². The number of benzene rings is 1. The first-order chi connectivity index (χ1) is 8.74. The summed E-state index contributed by atoms with van der Waals surface area (Å²) in [5, 5.41) is 0. The molecule has 2 rings (SSSR count). The number of rotatable bonds is 7. The minimum Gasteiger partial charge on any atom is -0.494 e. The first kappa shape index (κ1) is 13.2. The van der Waals surface area contributed by atoms with Gasteiger partial charge in [-0.1, -0.05) is 0 Å². The van der Waals surface area contributed by atoms with E-state index in [9.17, 15) is 0 Å². The Kier molecular flexibility index (Phi) is 4.48. The maximum atomic E-state index is 5.65. The van der Waals surface area contributed by atoms with E-state index < -0.39 is 0 Å². The molecule has 0 amide bonds. The van der Waals surface area contributed by atoms with Gasteiger partial charge in [-0.25, -0.2) is 0 Å². The normalized spacial score (nSPS) is 21.7. The van der Waals surface area contributed by atoms with Crippen LogP contribution in [0.15, 0.2) is 18.2 Å². The molecular formula is C15H22O3. The maximum Gasteiger partial charge on any atom is 0.122 e. The molecule has 0 N–H and O–H groups in total. The lowest BCUT2D eigenvalue weighted by Crippen LogP contribution is -2.01. The van der Waals surface area contributed by atoms with Crippen LogP contribution < -0.4 is 9.47 Å². The van der Waals surface area contributed by atoms with Crippen molar-refractivity contribution in [2.24, 2.45) is 0 Å². The van der Waals surface area contributed by atoms with Crippen molar-refractivity contribution in [3.8, 4) is 11.5 Å². The molecule has 2 atom stereocenters. The zero-order chi connectivity index (χ0) is 13.0. The van der Waals surface area contributed by atoms with Crippen LogP contribution in [0, 0.1) is 0 Å². The first-order valence-corrected chi connectivity index (χ1v) is 6.78. The molecule has 3 nitrogen and oxygen atoms in total. The zero-order valence-corrected chi connectivity index (χ0v) is 11.4. The minimum atomic E-state index is 0.426. The smallest absolute Gasteiger partial charge is 0.122 e. The summed E-state index contributed by atoms with van der Waals surface area (Å²) in [7, 11) is 0. The Bertz CT molecular complexity index is 389. The second kappa shape index (κ2) is 6.10. The molecule has 0 saturated carbocycles. The molecule has 1 fully saturated rings. The lowest BCUT2D eigenvalue weighted by atomic mass is 10.1. The summed E-state index contributed by atoms with van der Waals surface area (Å²) in [5.74, 6) is 1.88. The van der Waals surface area contributed by atoms with Gasteiger partial charge < -0.3 is 14.2 Å². The molecule has 0 spiro atoms. The Labute approximate surface area is 109 Å². The fraction of sp³-hybridized carbons (Fsp3) is 0.600. The molecule has 1 aromatic rings. The van der Waals surface area contributed by atoms with E-state index in [4.69, 9.17) is 14.2 Å². The summed E-state index contributed by atoms with van der Waals surface area (Å²) >= 11 is 0. The average molecular weight is 250 g/mol. The zero-order valence-electron chi connectivity index (χ0n) is 11.4. The van der Waals surface area contributed by atoms with E-state index in [-0.39, 0.29) is 0 Å². The number of epoxide rings is 1. The molecule has 0 aliphatic carbocycles. The van der Waals surface area contributed by atoms with Gasteiger partial charge in [0.2, 0.25) is 0 Å². The predicted molar refractivity (Wildman–Crippen MR) is 71.4 cm³/mol. The van der Waals surface area contributed by atoms with Crippen molar-refractivity contribution < 1.29 is 14.2 Å². The van der Waals surface area contributed by atoms with Crippen LogP contribution in [0.4, 0.5) is 0 Å². The van der Waals surface area contributed by atoms with Gasteiger partial charge in [0.1, 0.15) is 11.5 Å². The highest BCUT2D eigenvalue weighted by Crippen LogP contribution is 2.30. The van der Waals surface area contributed by atoms with E-state index in [1.807, 2.05) is 26.0 Å². The topological polar surface area (TPSA) is 31.0 Å². The van der Waals surface area contributed by atoms with Gasteiger partial charge in [-0.05, 0) is 57.4 Å². The van der Waals surface area contributed by atoms with Crippen molar-refractivity contribution in [1.82, 2.24) is 0 Å². The van der Waals surface area contributed by atoms with E-state index in [1.165, 1.54) is 5.56 Å². The molecule has 100 valence electrons. The van der Waals surface area contributed by atoms with Crippen LogP contribution in [0.25, 0.3) is 0 Å². The Morgan fingerprint density at radius 1 is 1.17 bits per heavy atom. The summed E-state index contributed by atoms with van der Waals surface area (Å²) in [6.07, 6.45) is 2.88. The summed E-state index contributed by atoms with van der Waals surface area (Å²) in [6, 6.07) is 6.05. The van der Waals surface area contributed by atoms with E-state index in [1.54, 1.807) is 0 Å². The van der Waals surface area contributed by atoms with Crippen molar-refractivity contribution >= 4 is 0 Å². The number of hydrogen-bond donors (Lipinski definition) is 0. The Hall–Kier alpha value is -1.22. The largest absolute Gasteiger partial charge is 0.494 e. The summed E-state index contributed by atoms with van der Waals surface area (Å²) in [5.41, 5.74) is 1.21. The summed E-state index contributed by atoms with van der Waals surface area (Å²) in [4.78, 5) is 0. The van der Waals surface area contributed by atoms with E-state index >= 15 is 0 Å². The number of aryl methyl sites for hydroxylation is 1. The maximum absolute atomic E-state index is 5.65. The lowest BCUT2D eigenvalue weighted by molar-refractivity contribution is 0.326. The SMILES string of the molecule is CCOc1ccc(OCC)c(CCC2OC2C)c1. The van der Waals surface area contributed by atoms with Crippen molar-refractivity contribution in [2.45, 2.75) is 45.8 Å². The Morgan fingerprint density at radius 2 is 1.89 bits per heavy atom. The molecule has 1 saturated heterocycles. The second-order valence-corrected chi connectivity index (χ2v) is 4.55. The minimum absolute atomic E-state index is 0.426. The Morgan fingerprint density at radius 3 is 2.50 bits per heavy atom. The van der Waals surface area contributed by atoms with Crippen molar-refractivity contribution in [3.05, 3.63) is 23.8 Å². The molecule has 1 aliphatic heterocycles. The lowest BCUT2D eigenvalue weighted by Gasteiger charge is -2.12. The third-order valence-electron chi connectivity index (χ3n) is 3.18. The monoisotopic (exact) mass is 250 g/mol. The fourth-order valence-electron chi connectivity index (χ4n) is 2.13. The molecule has 1 heterocycles. The molecule has 1 aromatic carbocycles. The molecule has 0 radical (unpaired) electrons.